The molecular formula is C12H10N4O2. The highest BCUT2D eigenvalue weighted by Crippen LogP contribution is 2.13. The van der Waals surface area contributed by atoms with Crippen molar-refractivity contribution >= 4 is 11.6 Å². The van der Waals surface area contributed by atoms with E-state index >= 15 is 0 Å². The second-order valence-corrected chi connectivity index (χ2v) is 3.93. The Labute approximate surface area is 102 Å². The molecule has 0 saturated heterocycles. The molecule has 18 heavy (non-hydrogen) atoms. The Balaban J connectivity index is 2.17. The van der Waals surface area contributed by atoms with E-state index in [9.17, 15) is 4.79 Å². The van der Waals surface area contributed by atoms with Crippen LogP contribution in [0.15, 0.2) is 36.9 Å². The van der Waals surface area contributed by atoms with Gasteiger partial charge >= 0.3 is 5.97 Å². The van der Waals surface area contributed by atoms with Gasteiger partial charge in [0.2, 0.25) is 0 Å². The van der Waals surface area contributed by atoms with E-state index in [-0.39, 0.29) is 5.69 Å². The summed E-state index contributed by atoms with van der Waals surface area (Å²) in [5.74, 6) is -0.160. The lowest BCUT2D eigenvalue weighted by Crippen LogP contribution is -1.97. The second kappa shape index (κ2) is 3.69. The Hall–Kier alpha value is -2.63. The minimum atomic E-state index is -1.03. The molecule has 0 aliphatic carbocycles. The van der Waals surface area contributed by atoms with Crippen LogP contribution in [0.3, 0.4) is 0 Å². The van der Waals surface area contributed by atoms with Gasteiger partial charge in [0.1, 0.15) is 11.5 Å². The van der Waals surface area contributed by atoms with Crippen LogP contribution < -0.4 is 0 Å². The summed E-state index contributed by atoms with van der Waals surface area (Å²) in [5, 5.41) is 8.89. The third kappa shape index (κ3) is 1.55. The molecular weight excluding hydrogens is 232 g/mol. The summed E-state index contributed by atoms with van der Waals surface area (Å²) in [6.45, 7) is 1.90. The molecule has 0 aromatic carbocycles. The molecule has 0 atom stereocenters. The lowest BCUT2D eigenvalue weighted by molar-refractivity contribution is 0.0691. The van der Waals surface area contributed by atoms with Gasteiger partial charge < -0.3 is 14.1 Å². The molecule has 0 bridgehead atoms. The summed E-state index contributed by atoms with van der Waals surface area (Å²) in [7, 11) is 0. The van der Waals surface area contributed by atoms with Crippen molar-refractivity contribution in [1.29, 1.82) is 0 Å². The van der Waals surface area contributed by atoms with Gasteiger partial charge in [0.05, 0.1) is 5.69 Å². The van der Waals surface area contributed by atoms with E-state index in [0.29, 0.717) is 5.65 Å². The Morgan fingerprint density at radius 2 is 2.17 bits per heavy atom. The number of aromatic nitrogens is 4. The molecule has 0 aliphatic rings. The Morgan fingerprint density at radius 1 is 1.33 bits per heavy atom. The molecule has 3 rings (SSSR count). The average molecular weight is 242 g/mol. The predicted molar refractivity (Wildman–Crippen MR) is 64.0 cm³/mol. The maximum Gasteiger partial charge on any atom is 0.356 e. The molecule has 1 N–H and O–H groups in total. The third-order valence-electron chi connectivity index (χ3n) is 2.76. The van der Waals surface area contributed by atoms with Gasteiger partial charge in [0, 0.05) is 24.8 Å². The Kier molecular flexibility index (Phi) is 2.16. The molecule has 0 fully saturated rings. The van der Waals surface area contributed by atoms with E-state index in [2.05, 4.69) is 9.97 Å². The molecule has 0 radical (unpaired) electrons. The fourth-order valence-corrected chi connectivity index (χ4v) is 1.88. The van der Waals surface area contributed by atoms with Crippen molar-refractivity contribution in [3.05, 3.63) is 48.4 Å². The molecule has 3 aromatic heterocycles. The lowest BCUT2D eigenvalue weighted by Gasteiger charge is -2.05. The number of carbonyl (C=O) groups is 1. The first-order valence-electron chi connectivity index (χ1n) is 5.37. The minimum Gasteiger partial charge on any atom is -0.476 e. The van der Waals surface area contributed by atoms with E-state index in [4.69, 9.17) is 5.11 Å². The monoisotopic (exact) mass is 242 g/mol. The SMILES string of the molecule is Cc1nccn1-c1ccc2nc(C(=O)O)cn2c1. The van der Waals surface area contributed by atoms with Crippen LogP contribution in [0, 0.1) is 6.92 Å². The van der Waals surface area contributed by atoms with Crippen molar-refractivity contribution in [3.8, 4) is 5.69 Å². The summed E-state index contributed by atoms with van der Waals surface area (Å²) in [5.41, 5.74) is 1.55. The van der Waals surface area contributed by atoms with Gasteiger partial charge in [0.15, 0.2) is 5.69 Å². The highest BCUT2D eigenvalue weighted by atomic mass is 16.4. The first-order chi connectivity index (χ1) is 8.65. The van der Waals surface area contributed by atoms with Crippen molar-refractivity contribution in [2.24, 2.45) is 0 Å². The number of aryl methyl sites for hydroxylation is 1. The normalized spacial score (nSPS) is 10.9. The smallest absolute Gasteiger partial charge is 0.356 e. The summed E-state index contributed by atoms with van der Waals surface area (Å²) >= 11 is 0. The molecule has 6 nitrogen and oxygen atoms in total. The number of hydrogen-bond acceptors (Lipinski definition) is 3. The van der Waals surface area contributed by atoms with E-state index in [0.717, 1.165) is 11.5 Å². The topological polar surface area (TPSA) is 72.4 Å². The number of imidazole rings is 2. The first kappa shape index (κ1) is 10.5. The zero-order valence-electron chi connectivity index (χ0n) is 9.61. The number of carboxylic acid groups (broad SMARTS) is 1. The fraction of sp³-hybridized carbons (Fsp3) is 0.0833. The van der Waals surface area contributed by atoms with E-state index in [1.807, 2.05) is 30.0 Å². The quantitative estimate of drug-likeness (QED) is 0.739. The van der Waals surface area contributed by atoms with Crippen LogP contribution in [0.4, 0.5) is 0 Å². The molecule has 0 saturated carbocycles. The molecule has 0 unspecified atom stereocenters. The van der Waals surface area contributed by atoms with Crippen molar-refractivity contribution in [2.75, 3.05) is 0 Å². The van der Waals surface area contributed by atoms with Gasteiger partial charge in [-0.25, -0.2) is 14.8 Å². The molecule has 90 valence electrons. The van der Waals surface area contributed by atoms with Gasteiger partial charge in [-0.2, -0.15) is 0 Å². The summed E-state index contributed by atoms with van der Waals surface area (Å²) in [6.07, 6.45) is 6.89. The number of pyridine rings is 1. The Bertz CT molecular complexity index is 741. The van der Waals surface area contributed by atoms with Gasteiger partial charge in [-0.1, -0.05) is 0 Å². The van der Waals surface area contributed by atoms with Gasteiger partial charge in [-0.3, -0.25) is 0 Å². The average Bonchev–Trinajstić information content (AvgIpc) is 2.93. The predicted octanol–water partition coefficient (Wildman–Crippen LogP) is 1.53. The molecule has 0 spiro atoms. The van der Waals surface area contributed by atoms with E-state index in [1.54, 1.807) is 16.7 Å². The number of fused-ring (bicyclic) bond motifs is 1. The first-order valence-corrected chi connectivity index (χ1v) is 5.37. The summed E-state index contributed by atoms with van der Waals surface area (Å²) < 4.78 is 3.61. The fourth-order valence-electron chi connectivity index (χ4n) is 1.88. The van der Waals surface area contributed by atoms with Crippen LogP contribution in [0.25, 0.3) is 11.3 Å². The maximum atomic E-state index is 10.8. The van der Waals surface area contributed by atoms with Crippen LogP contribution in [0.2, 0.25) is 0 Å². The van der Waals surface area contributed by atoms with Crippen molar-refractivity contribution in [2.45, 2.75) is 6.92 Å². The van der Waals surface area contributed by atoms with Gasteiger partial charge in [-0.15, -0.1) is 0 Å². The van der Waals surface area contributed by atoms with E-state index in [1.165, 1.54) is 6.20 Å². The van der Waals surface area contributed by atoms with Gasteiger partial charge in [-0.05, 0) is 19.1 Å². The van der Waals surface area contributed by atoms with Crippen molar-refractivity contribution < 1.29 is 9.90 Å². The van der Waals surface area contributed by atoms with Crippen LogP contribution in [0.5, 0.6) is 0 Å². The number of hydrogen-bond donors (Lipinski definition) is 1. The Morgan fingerprint density at radius 3 is 2.83 bits per heavy atom. The molecule has 3 aromatic rings. The van der Waals surface area contributed by atoms with Crippen molar-refractivity contribution in [1.82, 2.24) is 18.9 Å². The van der Waals surface area contributed by atoms with Crippen LogP contribution in [-0.4, -0.2) is 30.0 Å². The highest BCUT2D eigenvalue weighted by Gasteiger charge is 2.09. The molecule has 0 aliphatic heterocycles. The summed E-state index contributed by atoms with van der Waals surface area (Å²) in [6, 6.07) is 3.66. The molecule has 6 heteroatoms. The zero-order valence-corrected chi connectivity index (χ0v) is 9.61. The third-order valence-corrected chi connectivity index (χ3v) is 2.76. The van der Waals surface area contributed by atoms with E-state index < -0.39 is 5.97 Å². The van der Waals surface area contributed by atoms with Crippen molar-refractivity contribution in [3.63, 3.8) is 0 Å². The number of aromatic carboxylic acids is 1. The van der Waals surface area contributed by atoms with Crippen LogP contribution >= 0.6 is 0 Å². The van der Waals surface area contributed by atoms with Crippen LogP contribution in [-0.2, 0) is 0 Å². The number of carboxylic acids is 1. The zero-order chi connectivity index (χ0) is 12.7. The lowest BCUT2D eigenvalue weighted by atomic mass is 10.4. The number of rotatable bonds is 2. The standard InChI is InChI=1S/C12H10N4O2/c1-8-13-4-5-16(8)9-2-3-11-14-10(12(17)18)7-15(11)6-9/h2-7H,1H3,(H,17,18). The second-order valence-electron chi connectivity index (χ2n) is 3.93. The molecule has 0 amide bonds. The molecule has 3 heterocycles. The minimum absolute atomic E-state index is 0.0366. The maximum absolute atomic E-state index is 10.8. The number of nitrogens with zero attached hydrogens (tertiary/aromatic N) is 4. The van der Waals surface area contributed by atoms with Crippen LogP contribution in [0.1, 0.15) is 16.3 Å². The largest absolute Gasteiger partial charge is 0.476 e. The summed E-state index contributed by atoms with van der Waals surface area (Å²) in [4.78, 5) is 19.0. The highest BCUT2D eigenvalue weighted by molar-refractivity contribution is 5.86. The van der Waals surface area contributed by atoms with Gasteiger partial charge in [0.25, 0.3) is 0 Å².